The summed E-state index contributed by atoms with van der Waals surface area (Å²) in [5, 5.41) is 4.42. The number of rotatable bonds is 3. The Balaban J connectivity index is 2.69. The molecule has 0 aliphatic rings. The standard InChI is InChI=1S/C14H17BrN2O2/c1-8-6-11(18-4)12(19-5)7-10(8)14-13(15)9(2)16-17(14)3/h6-7H,1-5H3. The molecule has 0 radical (unpaired) electrons. The van der Waals surface area contributed by atoms with Crippen LogP contribution in [-0.4, -0.2) is 24.0 Å². The summed E-state index contributed by atoms with van der Waals surface area (Å²) >= 11 is 3.60. The summed E-state index contributed by atoms with van der Waals surface area (Å²) in [6.07, 6.45) is 0. The van der Waals surface area contributed by atoms with Gasteiger partial charge < -0.3 is 9.47 Å². The summed E-state index contributed by atoms with van der Waals surface area (Å²) in [4.78, 5) is 0. The van der Waals surface area contributed by atoms with E-state index >= 15 is 0 Å². The maximum absolute atomic E-state index is 5.37. The van der Waals surface area contributed by atoms with Gasteiger partial charge in [0.25, 0.3) is 0 Å². The first-order valence-corrected chi connectivity index (χ1v) is 6.71. The molecule has 19 heavy (non-hydrogen) atoms. The Morgan fingerprint density at radius 2 is 1.68 bits per heavy atom. The summed E-state index contributed by atoms with van der Waals surface area (Å²) in [6, 6.07) is 3.96. The van der Waals surface area contributed by atoms with Gasteiger partial charge in [-0.15, -0.1) is 0 Å². The van der Waals surface area contributed by atoms with Gasteiger partial charge in [0.2, 0.25) is 0 Å². The third-order valence-electron chi connectivity index (χ3n) is 3.13. The molecule has 2 aromatic rings. The van der Waals surface area contributed by atoms with Crippen molar-refractivity contribution in [2.24, 2.45) is 7.05 Å². The third-order valence-corrected chi connectivity index (χ3v) is 4.08. The van der Waals surface area contributed by atoms with Crippen LogP contribution in [0.25, 0.3) is 11.3 Å². The Labute approximate surface area is 121 Å². The average Bonchev–Trinajstić information content (AvgIpc) is 2.63. The van der Waals surface area contributed by atoms with E-state index in [1.54, 1.807) is 14.2 Å². The monoisotopic (exact) mass is 324 g/mol. The summed E-state index contributed by atoms with van der Waals surface area (Å²) in [5.74, 6) is 1.45. The molecule has 5 heteroatoms. The highest BCUT2D eigenvalue weighted by atomic mass is 79.9. The van der Waals surface area contributed by atoms with Crippen LogP contribution in [0.3, 0.4) is 0 Å². The van der Waals surface area contributed by atoms with Crippen LogP contribution in [0.1, 0.15) is 11.3 Å². The van der Waals surface area contributed by atoms with Crippen LogP contribution >= 0.6 is 15.9 Å². The number of hydrogen-bond donors (Lipinski definition) is 0. The second kappa shape index (κ2) is 5.25. The third kappa shape index (κ3) is 2.34. The van der Waals surface area contributed by atoms with Crippen molar-refractivity contribution in [3.05, 3.63) is 27.9 Å². The van der Waals surface area contributed by atoms with E-state index in [1.807, 2.05) is 37.7 Å². The van der Waals surface area contributed by atoms with Crippen LogP contribution in [0.2, 0.25) is 0 Å². The Hall–Kier alpha value is -1.49. The van der Waals surface area contributed by atoms with Gasteiger partial charge in [-0.05, 0) is 47.5 Å². The van der Waals surface area contributed by atoms with E-state index in [4.69, 9.17) is 9.47 Å². The molecule has 4 nitrogen and oxygen atoms in total. The molecule has 1 aromatic heterocycles. The highest BCUT2D eigenvalue weighted by Gasteiger charge is 2.17. The van der Waals surface area contributed by atoms with Crippen LogP contribution in [0.15, 0.2) is 16.6 Å². The number of hydrogen-bond acceptors (Lipinski definition) is 3. The molecule has 0 bridgehead atoms. The Morgan fingerprint density at radius 3 is 2.16 bits per heavy atom. The van der Waals surface area contributed by atoms with Crippen molar-refractivity contribution in [1.29, 1.82) is 0 Å². The molecule has 0 N–H and O–H groups in total. The van der Waals surface area contributed by atoms with Gasteiger partial charge in [0.05, 0.1) is 30.1 Å². The minimum atomic E-state index is 0.717. The van der Waals surface area contributed by atoms with Gasteiger partial charge in [-0.3, -0.25) is 4.68 Å². The highest BCUT2D eigenvalue weighted by Crippen LogP contribution is 2.38. The molecule has 0 fully saturated rings. The normalized spacial score (nSPS) is 10.6. The fourth-order valence-corrected chi connectivity index (χ4v) is 2.71. The lowest BCUT2D eigenvalue weighted by molar-refractivity contribution is 0.355. The number of aryl methyl sites for hydroxylation is 3. The predicted molar refractivity (Wildman–Crippen MR) is 78.9 cm³/mol. The van der Waals surface area contributed by atoms with Crippen molar-refractivity contribution in [1.82, 2.24) is 9.78 Å². The van der Waals surface area contributed by atoms with Crippen LogP contribution < -0.4 is 9.47 Å². The number of halogens is 1. The van der Waals surface area contributed by atoms with Crippen LogP contribution in [0.5, 0.6) is 11.5 Å². The summed E-state index contributed by atoms with van der Waals surface area (Å²) < 4.78 is 13.6. The van der Waals surface area contributed by atoms with E-state index in [0.717, 1.165) is 32.7 Å². The Bertz CT molecular complexity index is 620. The highest BCUT2D eigenvalue weighted by molar-refractivity contribution is 9.10. The van der Waals surface area contributed by atoms with E-state index in [2.05, 4.69) is 21.0 Å². The van der Waals surface area contributed by atoms with E-state index in [-0.39, 0.29) is 0 Å². The van der Waals surface area contributed by atoms with Gasteiger partial charge in [-0.2, -0.15) is 5.10 Å². The maximum atomic E-state index is 5.37. The van der Waals surface area contributed by atoms with Gasteiger partial charge in [0, 0.05) is 12.6 Å². The second-order valence-corrected chi connectivity index (χ2v) is 5.19. The summed E-state index contributed by atoms with van der Waals surface area (Å²) in [5.41, 5.74) is 4.19. The zero-order chi connectivity index (χ0) is 14.2. The molecule has 0 aliphatic carbocycles. The van der Waals surface area contributed by atoms with E-state index < -0.39 is 0 Å². The van der Waals surface area contributed by atoms with Crippen molar-refractivity contribution in [3.63, 3.8) is 0 Å². The minimum Gasteiger partial charge on any atom is -0.493 e. The molecule has 0 atom stereocenters. The molecule has 102 valence electrons. The molecular weight excluding hydrogens is 308 g/mol. The second-order valence-electron chi connectivity index (χ2n) is 4.39. The molecule has 0 saturated carbocycles. The zero-order valence-electron chi connectivity index (χ0n) is 11.7. The number of ether oxygens (including phenoxy) is 2. The van der Waals surface area contributed by atoms with Gasteiger partial charge >= 0.3 is 0 Å². The van der Waals surface area contributed by atoms with Crippen LogP contribution in [-0.2, 0) is 7.05 Å². The molecule has 1 heterocycles. The van der Waals surface area contributed by atoms with Crippen molar-refractivity contribution < 1.29 is 9.47 Å². The predicted octanol–water partition coefficient (Wildman–Crippen LogP) is 3.48. The molecule has 0 aliphatic heterocycles. The quantitative estimate of drug-likeness (QED) is 0.867. The van der Waals surface area contributed by atoms with Crippen molar-refractivity contribution >= 4 is 15.9 Å². The Kier molecular flexibility index (Phi) is 3.85. The maximum Gasteiger partial charge on any atom is 0.161 e. The molecule has 2 rings (SSSR count). The van der Waals surface area contributed by atoms with Crippen LogP contribution in [0.4, 0.5) is 0 Å². The number of benzene rings is 1. The van der Waals surface area contributed by atoms with Crippen molar-refractivity contribution in [2.45, 2.75) is 13.8 Å². The first-order chi connectivity index (χ1) is 8.99. The summed E-state index contributed by atoms with van der Waals surface area (Å²) in [6.45, 7) is 4.02. The first kappa shape index (κ1) is 13.9. The summed E-state index contributed by atoms with van der Waals surface area (Å²) in [7, 11) is 5.21. The number of methoxy groups -OCH3 is 2. The topological polar surface area (TPSA) is 36.3 Å². The van der Waals surface area contributed by atoms with Crippen molar-refractivity contribution in [2.75, 3.05) is 14.2 Å². The molecular formula is C14H17BrN2O2. The SMILES string of the molecule is COc1cc(C)c(-c2c(Br)c(C)nn2C)cc1OC. The lowest BCUT2D eigenvalue weighted by Crippen LogP contribution is -1.98. The van der Waals surface area contributed by atoms with Crippen LogP contribution in [0, 0.1) is 13.8 Å². The lowest BCUT2D eigenvalue weighted by Gasteiger charge is -2.13. The fraction of sp³-hybridized carbons (Fsp3) is 0.357. The molecule has 0 spiro atoms. The average molecular weight is 325 g/mol. The number of nitrogens with zero attached hydrogens (tertiary/aromatic N) is 2. The molecule has 1 aromatic carbocycles. The molecule has 0 unspecified atom stereocenters. The molecule has 0 amide bonds. The van der Waals surface area contributed by atoms with Gasteiger partial charge in [-0.25, -0.2) is 0 Å². The largest absolute Gasteiger partial charge is 0.493 e. The van der Waals surface area contributed by atoms with E-state index in [9.17, 15) is 0 Å². The van der Waals surface area contributed by atoms with Crippen molar-refractivity contribution in [3.8, 4) is 22.8 Å². The smallest absolute Gasteiger partial charge is 0.161 e. The van der Waals surface area contributed by atoms with Gasteiger partial charge in [0.15, 0.2) is 11.5 Å². The zero-order valence-corrected chi connectivity index (χ0v) is 13.3. The first-order valence-electron chi connectivity index (χ1n) is 5.91. The Morgan fingerprint density at radius 1 is 1.11 bits per heavy atom. The number of aromatic nitrogens is 2. The van der Waals surface area contributed by atoms with E-state index in [1.165, 1.54) is 0 Å². The van der Waals surface area contributed by atoms with E-state index in [0.29, 0.717) is 5.75 Å². The van der Waals surface area contributed by atoms with Gasteiger partial charge in [-0.1, -0.05) is 0 Å². The molecule has 0 saturated heterocycles. The minimum absolute atomic E-state index is 0.717. The van der Waals surface area contributed by atoms with Gasteiger partial charge in [0.1, 0.15) is 0 Å². The fourth-order valence-electron chi connectivity index (χ4n) is 2.16. The lowest BCUT2D eigenvalue weighted by atomic mass is 10.0.